The van der Waals surface area contributed by atoms with Crippen LogP contribution in [0.2, 0.25) is 0 Å². The van der Waals surface area contributed by atoms with Crippen LogP contribution in [-0.4, -0.2) is 19.7 Å². The molecule has 0 saturated carbocycles. The minimum absolute atomic E-state index is 0.202. The van der Waals surface area contributed by atoms with E-state index in [9.17, 15) is 9.36 Å². The van der Waals surface area contributed by atoms with Crippen molar-refractivity contribution < 1.29 is 28.0 Å². The molecule has 0 radical (unpaired) electrons. The van der Waals surface area contributed by atoms with Crippen LogP contribution < -0.4 is 0 Å². The van der Waals surface area contributed by atoms with Gasteiger partial charge in [-0.2, -0.15) is 0 Å². The summed E-state index contributed by atoms with van der Waals surface area (Å²) in [6, 6.07) is 0. The van der Waals surface area contributed by atoms with Gasteiger partial charge in [-0.1, -0.05) is 24.6 Å². The van der Waals surface area contributed by atoms with Crippen molar-refractivity contribution in [2.24, 2.45) is 0 Å². The fraction of sp³-hybridized carbons (Fsp3) is 0.625. The van der Waals surface area contributed by atoms with Gasteiger partial charge in [0.1, 0.15) is 0 Å². The van der Waals surface area contributed by atoms with Crippen molar-refractivity contribution in [2.45, 2.75) is 19.8 Å². The van der Waals surface area contributed by atoms with Gasteiger partial charge in [-0.3, -0.25) is 13.9 Å². The zero-order valence-electron chi connectivity index (χ0n) is 8.80. The first-order valence-corrected chi connectivity index (χ1v) is 5.87. The first kappa shape index (κ1) is 14.3. The molecule has 0 aromatic carbocycles. The quantitative estimate of drug-likeness (QED) is 0.212. The molecule has 0 saturated heterocycles. The molecule has 0 aliphatic carbocycles. The molecule has 0 aromatic rings. The molecule has 88 valence electrons. The van der Waals surface area contributed by atoms with Crippen molar-refractivity contribution in [1.82, 2.24) is 0 Å². The molecule has 0 aliphatic heterocycles. The standard InChI is InChI=1S/C8H15O6P/c1-4-6-7-12-15(10,11-3)14-13-8(9)5-2/h5H,2,4,6-7H2,1,3H3. The zero-order valence-corrected chi connectivity index (χ0v) is 9.70. The van der Waals surface area contributed by atoms with Gasteiger partial charge in [0.15, 0.2) is 0 Å². The molecule has 0 aliphatic rings. The average Bonchev–Trinajstić information content (AvgIpc) is 2.26. The first-order chi connectivity index (χ1) is 7.08. The van der Waals surface area contributed by atoms with Gasteiger partial charge in [-0.25, -0.2) is 9.36 Å². The fourth-order valence-electron chi connectivity index (χ4n) is 0.542. The maximum atomic E-state index is 11.5. The van der Waals surface area contributed by atoms with Crippen LogP contribution in [0.4, 0.5) is 0 Å². The minimum atomic E-state index is -3.79. The Bertz CT molecular complexity index is 252. The number of phosphoric ester groups is 1. The third-order valence-corrected chi connectivity index (χ3v) is 2.55. The summed E-state index contributed by atoms with van der Waals surface area (Å²) in [5.74, 6) is -0.869. The number of carbonyl (C=O) groups excluding carboxylic acids is 1. The Hall–Kier alpha value is -0.680. The van der Waals surface area contributed by atoms with Crippen LogP contribution in [0.3, 0.4) is 0 Å². The Morgan fingerprint density at radius 2 is 2.20 bits per heavy atom. The summed E-state index contributed by atoms with van der Waals surface area (Å²) in [5.41, 5.74) is 0. The zero-order chi connectivity index (χ0) is 11.7. The fourth-order valence-corrected chi connectivity index (χ4v) is 1.27. The summed E-state index contributed by atoms with van der Waals surface area (Å²) < 4.78 is 25.1. The molecule has 0 aromatic heterocycles. The maximum Gasteiger partial charge on any atom is 0.510 e. The van der Waals surface area contributed by atoms with Crippen molar-refractivity contribution in [3.8, 4) is 0 Å². The largest absolute Gasteiger partial charge is 0.510 e. The van der Waals surface area contributed by atoms with Crippen molar-refractivity contribution in [1.29, 1.82) is 0 Å². The second kappa shape index (κ2) is 7.59. The summed E-state index contributed by atoms with van der Waals surface area (Å²) in [7, 11) is -2.65. The van der Waals surface area contributed by atoms with Crippen molar-refractivity contribution in [2.75, 3.05) is 13.7 Å². The lowest BCUT2D eigenvalue weighted by Crippen LogP contribution is -2.04. The number of rotatable bonds is 8. The highest BCUT2D eigenvalue weighted by molar-refractivity contribution is 7.48. The van der Waals surface area contributed by atoms with E-state index in [0.717, 1.165) is 19.6 Å². The molecular formula is C8H15O6P. The first-order valence-electron chi connectivity index (χ1n) is 4.41. The Morgan fingerprint density at radius 1 is 1.53 bits per heavy atom. The Balaban J connectivity index is 4.01. The van der Waals surface area contributed by atoms with Gasteiger partial charge in [-0.05, 0) is 6.42 Å². The van der Waals surface area contributed by atoms with Gasteiger partial charge < -0.3 is 0 Å². The van der Waals surface area contributed by atoms with E-state index >= 15 is 0 Å². The summed E-state index contributed by atoms with van der Waals surface area (Å²) in [6.07, 6.45) is 2.44. The molecule has 0 heterocycles. The van der Waals surface area contributed by atoms with E-state index in [1.54, 1.807) is 0 Å². The smallest absolute Gasteiger partial charge is 0.288 e. The molecule has 0 amide bonds. The maximum absolute atomic E-state index is 11.5. The Kier molecular flexibility index (Phi) is 7.25. The SMILES string of the molecule is C=CC(=O)OOP(=O)(OC)OCCCC. The molecule has 0 fully saturated rings. The van der Waals surface area contributed by atoms with Crippen LogP contribution in [0.5, 0.6) is 0 Å². The van der Waals surface area contributed by atoms with Gasteiger partial charge >= 0.3 is 13.8 Å². The Morgan fingerprint density at radius 3 is 2.67 bits per heavy atom. The van der Waals surface area contributed by atoms with Crippen LogP contribution >= 0.6 is 7.82 Å². The van der Waals surface area contributed by atoms with E-state index in [0.29, 0.717) is 6.42 Å². The summed E-state index contributed by atoms with van der Waals surface area (Å²) in [4.78, 5) is 14.7. The molecule has 6 nitrogen and oxygen atoms in total. The molecule has 15 heavy (non-hydrogen) atoms. The van der Waals surface area contributed by atoms with Crippen molar-refractivity contribution >= 4 is 13.8 Å². The summed E-state index contributed by atoms with van der Waals surface area (Å²) >= 11 is 0. The second-order valence-corrected chi connectivity index (χ2v) is 4.16. The highest BCUT2D eigenvalue weighted by Gasteiger charge is 2.27. The van der Waals surface area contributed by atoms with Crippen LogP contribution in [0.15, 0.2) is 12.7 Å². The number of phosphoric acid groups is 1. The highest BCUT2D eigenvalue weighted by Crippen LogP contribution is 2.48. The molecule has 7 heteroatoms. The molecule has 1 atom stereocenters. The highest BCUT2D eigenvalue weighted by atomic mass is 31.2. The number of unbranched alkanes of at least 4 members (excludes halogenated alkanes) is 1. The van der Waals surface area contributed by atoms with Gasteiger partial charge in [0, 0.05) is 13.2 Å². The normalized spacial score (nSPS) is 14.3. The number of carbonyl (C=O) groups is 1. The van der Waals surface area contributed by atoms with Gasteiger partial charge in [0.2, 0.25) is 0 Å². The molecule has 0 rings (SSSR count). The monoisotopic (exact) mass is 238 g/mol. The molecule has 0 N–H and O–H groups in total. The van der Waals surface area contributed by atoms with Crippen molar-refractivity contribution in [3.63, 3.8) is 0 Å². The number of hydrogen-bond donors (Lipinski definition) is 0. The summed E-state index contributed by atoms with van der Waals surface area (Å²) in [5, 5.41) is 0. The minimum Gasteiger partial charge on any atom is -0.288 e. The van der Waals surface area contributed by atoms with E-state index < -0.39 is 13.8 Å². The van der Waals surface area contributed by atoms with E-state index in [2.05, 4.69) is 20.7 Å². The molecule has 0 bridgehead atoms. The molecule has 1 unspecified atom stereocenters. The predicted octanol–water partition coefficient (Wildman–Crippen LogP) is 2.22. The lowest BCUT2D eigenvalue weighted by molar-refractivity contribution is -0.218. The van der Waals surface area contributed by atoms with Gasteiger partial charge in [0.05, 0.1) is 6.61 Å². The van der Waals surface area contributed by atoms with E-state index in [-0.39, 0.29) is 6.61 Å². The third kappa shape index (κ3) is 6.41. The summed E-state index contributed by atoms with van der Waals surface area (Å²) in [6.45, 7) is 5.28. The van der Waals surface area contributed by atoms with Crippen LogP contribution in [-0.2, 0) is 28.0 Å². The van der Waals surface area contributed by atoms with Crippen LogP contribution in [0, 0.1) is 0 Å². The second-order valence-electron chi connectivity index (χ2n) is 2.50. The molecular weight excluding hydrogens is 223 g/mol. The van der Waals surface area contributed by atoms with E-state index in [1.807, 2.05) is 6.92 Å². The Labute approximate surface area is 88.7 Å². The van der Waals surface area contributed by atoms with Crippen LogP contribution in [0.25, 0.3) is 0 Å². The number of hydrogen-bond acceptors (Lipinski definition) is 6. The van der Waals surface area contributed by atoms with E-state index in [1.165, 1.54) is 0 Å². The van der Waals surface area contributed by atoms with Gasteiger partial charge in [-0.15, -0.1) is 0 Å². The topological polar surface area (TPSA) is 71.1 Å². The van der Waals surface area contributed by atoms with Crippen molar-refractivity contribution in [3.05, 3.63) is 12.7 Å². The third-order valence-electron chi connectivity index (χ3n) is 1.35. The average molecular weight is 238 g/mol. The lowest BCUT2D eigenvalue weighted by Gasteiger charge is -2.12. The van der Waals surface area contributed by atoms with Gasteiger partial charge in [0.25, 0.3) is 0 Å². The van der Waals surface area contributed by atoms with E-state index in [4.69, 9.17) is 4.52 Å². The van der Waals surface area contributed by atoms with Crippen LogP contribution in [0.1, 0.15) is 19.8 Å². The lowest BCUT2D eigenvalue weighted by atomic mass is 10.4. The molecule has 0 spiro atoms. The predicted molar refractivity (Wildman–Crippen MR) is 52.8 cm³/mol.